The average Bonchev–Trinajstić information content (AvgIpc) is 2.11. The third-order valence-corrected chi connectivity index (χ3v) is 2.55. The van der Waals surface area contributed by atoms with E-state index in [0.717, 1.165) is 18.8 Å². The standard InChI is InChI=1S/C14H28O2/c1-6-7-9-12(2)10-8-11-13(15)16-14(3,4)5/h12H,6-11H2,1-5H3. The van der Waals surface area contributed by atoms with Gasteiger partial charge in [0, 0.05) is 6.42 Å². The van der Waals surface area contributed by atoms with Gasteiger partial charge in [-0.3, -0.25) is 4.79 Å². The molecule has 1 unspecified atom stereocenters. The van der Waals surface area contributed by atoms with Crippen LogP contribution >= 0.6 is 0 Å². The maximum absolute atomic E-state index is 11.4. The molecule has 0 aromatic heterocycles. The van der Waals surface area contributed by atoms with Crippen LogP contribution in [0, 0.1) is 5.92 Å². The number of rotatable bonds is 7. The lowest BCUT2D eigenvalue weighted by atomic mass is 9.98. The molecule has 0 amide bonds. The molecule has 0 rings (SSSR count). The molecule has 0 bridgehead atoms. The van der Waals surface area contributed by atoms with Crippen molar-refractivity contribution in [1.82, 2.24) is 0 Å². The first-order valence-electron chi connectivity index (χ1n) is 6.57. The quantitative estimate of drug-likeness (QED) is 0.606. The van der Waals surface area contributed by atoms with Crippen molar-refractivity contribution in [2.75, 3.05) is 0 Å². The molecular weight excluding hydrogens is 200 g/mol. The maximum Gasteiger partial charge on any atom is 0.306 e. The first kappa shape index (κ1) is 15.5. The van der Waals surface area contributed by atoms with E-state index in [9.17, 15) is 4.79 Å². The van der Waals surface area contributed by atoms with Crippen LogP contribution in [0.3, 0.4) is 0 Å². The summed E-state index contributed by atoms with van der Waals surface area (Å²) in [5.74, 6) is 0.678. The Bertz CT molecular complexity index is 191. The van der Waals surface area contributed by atoms with Crippen LogP contribution in [0.25, 0.3) is 0 Å². The summed E-state index contributed by atoms with van der Waals surface area (Å²) < 4.78 is 5.26. The molecule has 0 aliphatic heterocycles. The number of esters is 1. The highest BCUT2D eigenvalue weighted by Gasteiger charge is 2.15. The molecule has 0 aromatic carbocycles. The van der Waals surface area contributed by atoms with Crippen molar-refractivity contribution in [2.45, 2.75) is 78.7 Å². The van der Waals surface area contributed by atoms with Gasteiger partial charge in [-0.05, 0) is 33.1 Å². The number of hydrogen-bond donors (Lipinski definition) is 0. The van der Waals surface area contributed by atoms with E-state index in [-0.39, 0.29) is 11.6 Å². The third kappa shape index (κ3) is 10.0. The van der Waals surface area contributed by atoms with Gasteiger partial charge in [-0.15, -0.1) is 0 Å². The van der Waals surface area contributed by atoms with Crippen LogP contribution in [0.2, 0.25) is 0 Å². The van der Waals surface area contributed by atoms with Gasteiger partial charge < -0.3 is 4.74 Å². The SMILES string of the molecule is CCCCC(C)CCCC(=O)OC(C)(C)C. The molecule has 0 radical (unpaired) electrons. The largest absolute Gasteiger partial charge is 0.460 e. The van der Waals surface area contributed by atoms with Gasteiger partial charge in [0.05, 0.1) is 0 Å². The Morgan fingerprint density at radius 3 is 2.25 bits per heavy atom. The van der Waals surface area contributed by atoms with E-state index in [1.807, 2.05) is 20.8 Å². The second kappa shape index (κ2) is 7.70. The Morgan fingerprint density at radius 2 is 1.75 bits per heavy atom. The summed E-state index contributed by atoms with van der Waals surface area (Å²) in [4.78, 5) is 11.4. The minimum absolute atomic E-state index is 0.0600. The molecule has 1 atom stereocenters. The van der Waals surface area contributed by atoms with Gasteiger partial charge in [0.2, 0.25) is 0 Å². The number of unbranched alkanes of at least 4 members (excludes halogenated alkanes) is 1. The topological polar surface area (TPSA) is 26.3 Å². The van der Waals surface area contributed by atoms with Crippen LogP contribution in [0.1, 0.15) is 73.1 Å². The molecule has 0 N–H and O–H groups in total. The Labute approximate surface area is 101 Å². The molecule has 0 saturated heterocycles. The van der Waals surface area contributed by atoms with Crippen molar-refractivity contribution < 1.29 is 9.53 Å². The van der Waals surface area contributed by atoms with E-state index in [1.54, 1.807) is 0 Å². The molecule has 96 valence electrons. The number of carbonyl (C=O) groups is 1. The van der Waals surface area contributed by atoms with Crippen molar-refractivity contribution in [2.24, 2.45) is 5.92 Å². The summed E-state index contributed by atoms with van der Waals surface area (Å²) in [7, 11) is 0. The zero-order valence-electron chi connectivity index (χ0n) is 11.6. The molecule has 0 aliphatic carbocycles. The average molecular weight is 228 g/mol. The predicted molar refractivity (Wildman–Crippen MR) is 68.4 cm³/mol. The van der Waals surface area contributed by atoms with Gasteiger partial charge in [-0.2, -0.15) is 0 Å². The van der Waals surface area contributed by atoms with E-state index in [0.29, 0.717) is 6.42 Å². The highest BCUT2D eigenvalue weighted by Crippen LogP contribution is 2.16. The van der Waals surface area contributed by atoms with Crippen LogP contribution in [0.5, 0.6) is 0 Å². The molecule has 16 heavy (non-hydrogen) atoms. The fourth-order valence-corrected chi connectivity index (χ4v) is 1.68. The van der Waals surface area contributed by atoms with Crippen LogP contribution in [0.4, 0.5) is 0 Å². The summed E-state index contributed by atoms with van der Waals surface area (Å²) in [5.41, 5.74) is -0.342. The Balaban J connectivity index is 3.54. The summed E-state index contributed by atoms with van der Waals surface area (Å²) >= 11 is 0. The summed E-state index contributed by atoms with van der Waals surface area (Å²) in [6.45, 7) is 10.2. The number of ether oxygens (including phenoxy) is 1. The van der Waals surface area contributed by atoms with Crippen molar-refractivity contribution >= 4 is 5.97 Å². The highest BCUT2D eigenvalue weighted by atomic mass is 16.6. The molecular formula is C14H28O2. The molecule has 0 aromatic rings. The van der Waals surface area contributed by atoms with Crippen LogP contribution in [0.15, 0.2) is 0 Å². The summed E-state index contributed by atoms with van der Waals surface area (Å²) in [6.07, 6.45) is 6.50. The molecule has 2 heteroatoms. The van der Waals surface area contributed by atoms with Gasteiger partial charge in [0.25, 0.3) is 0 Å². The smallest absolute Gasteiger partial charge is 0.306 e. The second-order valence-electron chi connectivity index (χ2n) is 5.73. The summed E-state index contributed by atoms with van der Waals surface area (Å²) in [6, 6.07) is 0. The Hall–Kier alpha value is -0.530. The summed E-state index contributed by atoms with van der Waals surface area (Å²) in [5, 5.41) is 0. The lowest BCUT2D eigenvalue weighted by molar-refractivity contribution is -0.154. The fraction of sp³-hybridized carbons (Fsp3) is 0.929. The van der Waals surface area contributed by atoms with Crippen molar-refractivity contribution in [3.8, 4) is 0 Å². The molecule has 0 heterocycles. The van der Waals surface area contributed by atoms with Crippen LogP contribution in [-0.4, -0.2) is 11.6 Å². The fourth-order valence-electron chi connectivity index (χ4n) is 1.68. The lowest BCUT2D eigenvalue weighted by Crippen LogP contribution is -2.23. The number of hydrogen-bond acceptors (Lipinski definition) is 2. The van der Waals surface area contributed by atoms with Gasteiger partial charge in [0.15, 0.2) is 0 Å². The van der Waals surface area contributed by atoms with Crippen molar-refractivity contribution in [1.29, 1.82) is 0 Å². The van der Waals surface area contributed by atoms with Crippen molar-refractivity contribution in [3.05, 3.63) is 0 Å². The second-order valence-corrected chi connectivity index (χ2v) is 5.73. The van der Waals surface area contributed by atoms with Gasteiger partial charge >= 0.3 is 5.97 Å². The van der Waals surface area contributed by atoms with E-state index < -0.39 is 0 Å². The predicted octanol–water partition coefficient (Wildman–Crippen LogP) is 4.32. The molecule has 0 fully saturated rings. The minimum Gasteiger partial charge on any atom is -0.460 e. The zero-order valence-corrected chi connectivity index (χ0v) is 11.6. The first-order valence-corrected chi connectivity index (χ1v) is 6.57. The Kier molecular flexibility index (Phi) is 7.44. The molecule has 2 nitrogen and oxygen atoms in total. The maximum atomic E-state index is 11.4. The number of carbonyl (C=O) groups excluding carboxylic acids is 1. The minimum atomic E-state index is -0.342. The van der Waals surface area contributed by atoms with E-state index in [1.165, 1.54) is 19.3 Å². The molecule has 0 saturated carbocycles. The Morgan fingerprint density at radius 1 is 1.19 bits per heavy atom. The van der Waals surface area contributed by atoms with Gasteiger partial charge in [0.1, 0.15) is 5.60 Å². The highest BCUT2D eigenvalue weighted by molar-refractivity contribution is 5.69. The van der Waals surface area contributed by atoms with Crippen LogP contribution < -0.4 is 0 Å². The molecule has 0 aliphatic rings. The van der Waals surface area contributed by atoms with Gasteiger partial charge in [-0.25, -0.2) is 0 Å². The third-order valence-electron chi connectivity index (χ3n) is 2.55. The van der Waals surface area contributed by atoms with E-state index in [4.69, 9.17) is 4.74 Å². The van der Waals surface area contributed by atoms with Crippen molar-refractivity contribution in [3.63, 3.8) is 0 Å². The monoisotopic (exact) mass is 228 g/mol. The van der Waals surface area contributed by atoms with Crippen LogP contribution in [-0.2, 0) is 9.53 Å². The van der Waals surface area contributed by atoms with E-state index in [2.05, 4.69) is 13.8 Å². The van der Waals surface area contributed by atoms with E-state index >= 15 is 0 Å². The zero-order chi connectivity index (χ0) is 12.6. The normalized spacial score (nSPS) is 13.6. The lowest BCUT2D eigenvalue weighted by Gasteiger charge is -2.19. The van der Waals surface area contributed by atoms with Gasteiger partial charge in [-0.1, -0.05) is 39.5 Å². The molecule has 0 spiro atoms. The first-order chi connectivity index (χ1) is 7.35.